The monoisotopic (exact) mass is 354 g/mol. The van der Waals surface area contributed by atoms with Crippen LogP contribution in [0.15, 0.2) is 53.4 Å². The van der Waals surface area contributed by atoms with Crippen molar-refractivity contribution in [2.45, 2.75) is 17.6 Å². The Morgan fingerprint density at radius 2 is 2.12 bits per heavy atom. The molecule has 0 atom stereocenters. The highest BCUT2D eigenvalue weighted by atomic mass is 32.2. The fourth-order valence-corrected chi connectivity index (χ4v) is 4.03. The fourth-order valence-electron chi connectivity index (χ4n) is 2.96. The highest BCUT2D eigenvalue weighted by Crippen LogP contribution is 2.43. The lowest BCUT2D eigenvalue weighted by Gasteiger charge is -2.18. The van der Waals surface area contributed by atoms with Gasteiger partial charge in [0, 0.05) is 21.8 Å². The van der Waals surface area contributed by atoms with Gasteiger partial charge in [-0.25, -0.2) is 13.9 Å². The second-order valence-electron chi connectivity index (χ2n) is 5.57. The Bertz CT molecular complexity index is 968. The van der Waals surface area contributed by atoms with E-state index in [0.29, 0.717) is 17.1 Å². The molecule has 2 aromatic carbocycles. The maximum absolute atomic E-state index is 13.7. The summed E-state index contributed by atoms with van der Waals surface area (Å²) in [5.41, 5.74) is 3.51. The zero-order chi connectivity index (χ0) is 17.4. The molecule has 0 spiro atoms. The van der Waals surface area contributed by atoms with Crippen molar-refractivity contribution in [3.05, 3.63) is 65.6 Å². The van der Waals surface area contributed by atoms with Crippen molar-refractivity contribution in [1.29, 1.82) is 0 Å². The van der Waals surface area contributed by atoms with Gasteiger partial charge in [0.05, 0.1) is 18.0 Å². The highest BCUT2D eigenvalue weighted by molar-refractivity contribution is 7.98. The Kier molecular flexibility index (Phi) is 4.05. The van der Waals surface area contributed by atoms with Gasteiger partial charge < -0.3 is 4.74 Å². The lowest BCUT2D eigenvalue weighted by atomic mass is 10.1. The lowest BCUT2D eigenvalue weighted by molar-refractivity contribution is 0.0518. The number of benzene rings is 2. The van der Waals surface area contributed by atoms with Crippen LogP contribution in [0.5, 0.6) is 0 Å². The van der Waals surface area contributed by atoms with Crippen molar-refractivity contribution < 1.29 is 13.9 Å². The van der Waals surface area contributed by atoms with Gasteiger partial charge in [-0.05, 0) is 31.2 Å². The van der Waals surface area contributed by atoms with Gasteiger partial charge in [0.25, 0.3) is 0 Å². The van der Waals surface area contributed by atoms with Gasteiger partial charge in [-0.1, -0.05) is 24.3 Å². The second-order valence-corrected chi connectivity index (χ2v) is 6.59. The van der Waals surface area contributed by atoms with Gasteiger partial charge in [0.15, 0.2) is 5.69 Å². The molecule has 126 valence electrons. The third-order valence-electron chi connectivity index (χ3n) is 4.02. The molecular weight excluding hydrogens is 339 g/mol. The summed E-state index contributed by atoms with van der Waals surface area (Å²) in [5.74, 6) is -0.178. The first-order valence-electron chi connectivity index (χ1n) is 7.96. The number of hydrogen-bond acceptors (Lipinski definition) is 4. The zero-order valence-electron chi connectivity index (χ0n) is 13.5. The van der Waals surface area contributed by atoms with Crippen LogP contribution in [0.2, 0.25) is 0 Å². The van der Waals surface area contributed by atoms with E-state index in [0.717, 1.165) is 21.7 Å². The van der Waals surface area contributed by atoms with Gasteiger partial charge in [0.2, 0.25) is 0 Å². The number of ether oxygens (including phenoxy) is 1. The SMILES string of the molecule is CCOC(=O)c1nn(-c2cccc(F)c2)c2c1CSc1ccccc1-2. The predicted octanol–water partition coefficient (Wildman–Crippen LogP) is 4.46. The number of halogens is 1. The lowest BCUT2D eigenvalue weighted by Crippen LogP contribution is -2.08. The van der Waals surface area contributed by atoms with E-state index >= 15 is 0 Å². The van der Waals surface area contributed by atoms with Gasteiger partial charge in [-0.15, -0.1) is 11.8 Å². The van der Waals surface area contributed by atoms with E-state index < -0.39 is 5.97 Å². The number of esters is 1. The number of carbonyl (C=O) groups is 1. The zero-order valence-corrected chi connectivity index (χ0v) is 14.3. The molecule has 1 aliphatic heterocycles. The van der Waals surface area contributed by atoms with Crippen LogP contribution in [0.4, 0.5) is 4.39 Å². The Morgan fingerprint density at radius 3 is 2.92 bits per heavy atom. The smallest absolute Gasteiger partial charge is 0.359 e. The molecule has 4 nitrogen and oxygen atoms in total. The van der Waals surface area contributed by atoms with Gasteiger partial charge in [-0.3, -0.25) is 0 Å². The largest absolute Gasteiger partial charge is 0.461 e. The summed E-state index contributed by atoms with van der Waals surface area (Å²) >= 11 is 1.66. The first-order valence-corrected chi connectivity index (χ1v) is 8.94. The van der Waals surface area contributed by atoms with Gasteiger partial charge in [0.1, 0.15) is 5.82 Å². The molecule has 0 radical (unpaired) electrons. The molecule has 2 heterocycles. The van der Waals surface area contributed by atoms with Crippen molar-refractivity contribution in [2.75, 3.05) is 6.61 Å². The van der Waals surface area contributed by atoms with Crippen LogP contribution in [-0.2, 0) is 10.5 Å². The van der Waals surface area contributed by atoms with E-state index in [2.05, 4.69) is 5.10 Å². The Hall–Kier alpha value is -2.60. The van der Waals surface area contributed by atoms with Crippen LogP contribution in [0, 0.1) is 5.82 Å². The average molecular weight is 354 g/mol. The molecule has 1 aliphatic rings. The standard InChI is InChI=1S/C19H15FN2O2S/c1-2-24-19(23)17-15-11-25-16-9-4-3-8-14(16)18(15)22(21-17)13-7-5-6-12(20)10-13/h3-10H,2,11H2,1H3. The summed E-state index contributed by atoms with van der Waals surface area (Å²) in [5, 5.41) is 4.48. The summed E-state index contributed by atoms with van der Waals surface area (Å²) in [6, 6.07) is 14.2. The molecular formula is C19H15FN2O2S. The molecule has 4 rings (SSSR count). The third-order valence-corrected chi connectivity index (χ3v) is 5.12. The van der Waals surface area contributed by atoms with Crippen LogP contribution < -0.4 is 0 Å². The Labute approximate surface area is 148 Å². The molecule has 0 aliphatic carbocycles. The molecule has 0 amide bonds. The maximum atomic E-state index is 13.7. The molecule has 25 heavy (non-hydrogen) atoms. The molecule has 0 fully saturated rings. The minimum absolute atomic E-state index is 0.282. The van der Waals surface area contributed by atoms with Crippen molar-refractivity contribution in [3.8, 4) is 16.9 Å². The van der Waals surface area contributed by atoms with Crippen LogP contribution in [0.1, 0.15) is 23.0 Å². The second kappa shape index (κ2) is 6.37. The van der Waals surface area contributed by atoms with Crippen LogP contribution in [0.3, 0.4) is 0 Å². The van der Waals surface area contributed by atoms with E-state index in [1.807, 2.05) is 24.3 Å². The summed E-state index contributed by atoms with van der Waals surface area (Å²) in [4.78, 5) is 13.5. The van der Waals surface area contributed by atoms with E-state index in [1.165, 1.54) is 12.1 Å². The van der Waals surface area contributed by atoms with E-state index in [-0.39, 0.29) is 12.4 Å². The van der Waals surface area contributed by atoms with Gasteiger partial charge >= 0.3 is 5.97 Å². The van der Waals surface area contributed by atoms with Crippen LogP contribution in [0.25, 0.3) is 16.9 Å². The van der Waals surface area contributed by atoms with Crippen molar-refractivity contribution in [2.24, 2.45) is 0 Å². The molecule has 0 unspecified atom stereocenters. The number of hydrogen-bond donors (Lipinski definition) is 0. The summed E-state index contributed by atoms with van der Waals surface area (Å²) in [7, 11) is 0. The minimum atomic E-state index is -0.450. The van der Waals surface area contributed by atoms with E-state index in [1.54, 1.807) is 35.5 Å². The maximum Gasteiger partial charge on any atom is 0.359 e. The number of aromatic nitrogens is 2. The molecule has 0 bridgehead atoms. The molecule has 3 aromatic rings. The molecule has 1 aromatic heterocycles. The highest BCUT2D eigenvalue weighted by Gasteiger charge is 2.29. The molecule has 6 heteroatoms. The Balaban J connectivity index is 1.98. The van der Waals surface area contributed by atoms with Crippen molar-refractivity contribution in [3.63, 3.8) is 0 Å². The topological polar surface area (TPSA) is 44.1 Å². The first kappa shape index (κ1) is 15.9. The number of nitrogens with zero attached hydrogens (tertiary/aromatic N) is 2. The quantitative estimate of drug-likeness (QED) is 0.652. The number of carbonyl (C=O) groups excluding carboxylic acids is 1. The van der Waals surface area contributed by atoms with Crippen LogP contribution in [-0.4, -0.2) is 22.4 Å². The first-order chi connectivity index (χ1) is 12.2. The number of fused-ring (bicyclic) bond motifs is 3. The summed E-state index contributed by atoms with van der Waals surface area (Å²) in [6.07, 6.45) is 0. The van der Waals surface area contributed by atoms with Crippen molar-refractivity contribution in [1.82, 2.24) is 9.78 Å². The predicted molar refractivity (Wildman–Crippen MR) is 94.5 cm³/mol. The summed E-state index contributed by atoms with van der Waals surface area (Å²) in [6.45, 7) is 2.04. The Morgan fingerprint density at radius 1 is 1.28 bits per heavy atom. The van der Waals surface area contributed by atoms with Crippen molar-refractivity contribution >= 4 is 17.7 Å². The minimum Gasteiger partial charge on any atom is -0.461 e. The normalized spacial score (nSPS) is 12.4. The molecule has 0 saturated carbocycles. The third kappa shape index (κ3) is 2.72. The number of thioether (sulfide) groups is 1. The fraction of sp³-hybridized carbons (Fsp3) is 0.158. The van der Waals surface area contributed by atoms with E-state index in [9.17, 15) is 9.18 Å². The van der Waals surface area contributed by atoms with Gasteiger partial charge in [-0.2, -0.15) is 5.10 Å². The van der Waals surface area contributed by atoms with Crippen LogP contribution >= 0.6 is 11.8 Å². The van der Waals surface area contributed by atoms with E-state index in [4.69, 9.17) is 4.74 Å². The molecule has 0 N–H and O–H groups in total. The molecule has 0 saturated heterocycles. The summed E-state index contributed by atoms with van der Waals surface area (Å²) < 4.78 is 20.5. The average Bonchev–Trinajstić information content (AvgIpc) is 3.02. The number of rotatable bonds is 3.